The lowest BCUT2D eigenvalue weighted by molar-refractivity contribution is 0.373. The van der Waals surface area contributed by atoms with Crippen molar-refractivity contribution in [2.75, 3.05) is 5.32 Å². The maximum Gasteiger partial charge on any atom is 0.147 e. The van der Waals surface area contributed by atoms with Gasteiger partial charge in [-0.3, -0.25) is 0 Å². The summed E-state index contributed by atoms with van der Waals surface area (Å²) in [4.78, 5) is 0. The molecular formula is C16H14Cl2FN. The summed E-state index contributed by atoms with van der Waals surface area (Å²) in [5.74, 6) is 0.148. The van der Waals surface area contributed by atoms with Crippen LogP contribution in [0.4, 0.5) is 10.1 Å². The van der Waals surface area contributed by atoms with Crippen LogP contribution >= 0.6 is 23.2 Å². The van der Waals surface area contributed by atoms with E-state index in [9.17, 15) is 4.39 Å². The quantitative estimate of drug-likeness (QED) is 0.790. The molecule has 20 heavy (non-hydrogen) atoms. The van der Waals surface area contributed by atoms with Crippen LogP contribution in [0.1, 0.15) is 24.3 Å². The lowest BCUT2D eigenvalue weighted by Gasteiger charge is -2.37. The van der Waals surface area contributed by atoms with Gasteiger partial charge in [-0.15, -0.1) is 0 Å². The molecule has 2 aromatic carbocycles. The maximum atomic E-state index is 13.7. The highest BCUT2D eigenvalue weighted by Crippen LogP contribution is 2.41. The Balaban J connectivity index is 1.62. The highest BCUT2D eigenvalue weighted by atomic mass is 35.5. The maximum absolute atomic E-state index is 13.7. The van der Waals surface area contributed by atoms with Gasteiger partial charge in [0.2, 0.25) is 0 Å². The van der Waals surface area contributed by atoms with Crippen LogP contribution in [0.2, 0.25) is 10.0 Å². The fraction of sp³-hybridized carbons (Fsp3) is 0.250. The van der Waals surface area contributed by atoms with Gasteiger partial charge in [0, 0.05) is 16.1 Å². The van der Waals surface area contributed by atoms with Gasteiger partial charge >= 0.3 is 0 Å². The molecule has 0 aliphatic heterocycles. The molecule has 0 aromatic heterocycles. The Morgan fingerprint density at radius 3 is 2.50 bits per heavy atom. The van der Waals surface area contributed by atoms with Crippen LogP contribution in [-0.2, 0) is 0 Å². The monoisotopic (exact) mass is 309 g/mol. The van der Waals surface area contributed by atoms with Crippen LogP contribution in [0.25, 0.3) is 0 Å². The lowest BCUT2D eigenvalue weighted by atomic mass is 9.76. The van der Waals surface area contributed by atoms with Crippen molar-refractivity contribution in [2.24, 2.45) is 0 Å². The van der Waals surface area contributed by atoms with E-state index in [2.05, 4.69) is 11.4 Å². The predicted octanol–water partition coefficient (Wildman–Crippen LogP) is 5.49. The molecule has 0 amide bonds. The third kappa shape index (κ3) is 2.77. The van der Waals surface area contributed by atoms with Crippen LogP contribution in [0.15, 0.2) is 42.5 Å². The zero-order valence-electron chi connectivity index (χ0n) is 10.7. The number of rotatable bonds is 3. The molecule has 0 spiro atoms. The van der Waals surface area contributed by atoms with Gasteiger partial charge in [0.05, 0.1) is 5.69 Å². The van der Waals surface area contributed by atoms with Crippen molar-refractivity contribution in [3.05, 3.63) is 63.9 Å². The Labute approximate surface area is 127 Å². The molecule has 0 radical (unpaired) electrons. The highest BCUT2D eigenvalue weighted by molar-refractivity contribution is 6.31. The van der Waals surface area contributed by atoms with Crippen LogP contribution in [0.3, 0.4) is 0 Å². The Morgan fingerprint density at radius 2 is 1.80 bits per heavy atom. The summed E-state index contributed by atoms with van der Waals surface area (Å²) >= 11 is 11.9. The Hall–Kier alpha value is -1.25. The van der Waals surface area contributed by atoms with E-state index in [-0.39, 0.29) is 11.9 Å². The second-order valence-corrected chi connectivity index (χ2v) is 6.00. The predicted molar refractivity (Wildman–Crippen MR) is 82.2 cm³/mol. The second kappa shape index (κ2) is 5.63. The van der Waals surface area contributed by atoms with E-state index in [1.54, 1.807) is 12.1 Å². The van der Waals surface area contributed by atoms with E-state index in [0.29, 0.717) is 16.6 Å². The summed E-state index contributed by atoms with van der Waals surface area (Å²) in [6.07, 6.45) is 1.93. The average molecular weight is 310 g/mol. The zero-order valence-corrected chi connectivity index (χ0v) is 12.3. The SMILES string of the molecule is Fc1cc(Cl)ccc1NC1CC(c2ccccc2Cl)C1. The first kappa shape index (κ1) is 13.7. The molecule has 0 bridgehead atoms. The van der Waals surface area contributed by atoms with Gasteiger partial charge in [0.25, 0.3) is 0 Å². The van der Waals surface area contributed by atoms with Crippen molar-refractivity contribution in [1.82, 2.24) is 0 Å². The van der Waals surface area contributed by atoms with Crippen LogP contribution < -0.4 is 5.32 Å². The van der Waals surface area contributed by atoms with Crippen molar-refractivity contribution < 1.29 is 4.39 Å². The molecule has 1 N–H and O–H groups in total. The van der Waals surface area contributed by atoms with Gasteiger partial charge in [-0.25, -0.2) is 4.39 Å². The molecule has 0 unspecified atom stereocenters. The minimum atomic E-state index is -0.307. The van der Waals surface area contributed by atoms with E-state index in [4.69, 9.17) is 23.2 Å². The first-order chi connectivity index (χ1) is 9.63. The fourth-order valence-electron chi connectivity index (χ4n) is 2.62. The van der Waals surface area contributed by atoms with Crippen molar-refractivity contribution in [1.29, 1.82) is 0 Å². The number of anilines is 1. The van der Waals surface area contributed by atoms with Crippen LogP contribution in [-0.4, -0.2) is 6.04 Å². The highest BCUT2D eigenvalue weighted by Gasteiger charge is 2.31. The van der Waals surface area contributed by atoms with E-state index in [1.165, 1.54) is 11.6 Å². The number of hydrogen-bond donors (Lipinski definition) is 1. The molecule has 1 saturated carbocycles. The Kier molecular flexibility index (Phi) is 3.86. The van der Waals surface area contributed by atoms with Crippen LogP contribution in [0, 0.1) is 5.82 Å². The molecule has 4 heteroatoms. The smallest absolute Gasteiger partial charge is 0.147 e. The van der Waals surface area contributed by atoms with Crippen LogP contribution in [0.5, 0.6) is 0 Å². The lowest BCUT2D eigenvalue weighted by Crippen LogP contribution is -2.34. The summed E-state index contributed by atoms with van der Waals surface area (Å²) in [6, 6.07) is 12.9. The van der Waals surface area contributed by atoms with Gasteiger partial charge in [-0.2, -0.15) is 0 Å². The number of halogens is 3. The molecule has 1 aliphatic rings. The molecular weight excluding hydrogens is 296 g/mol. The molecule has 104 valence electrons. The van der Waals surface area contributed by atoms with E-state index in [0.717, 1.165) is 17.9 Å². The Morgan fingerprint density at radius 1 is 1.05 bits per heavy atom. The van der Waals surface area contributed by atoms with E-state index in [1.807, 2.05) is 18.2 Å². The number of hydrogen-bond acceptors (Lipinski definition) is 1. The van der Waals surface area contributed by atoms with Crippen molar-refractivity contribution in [2.45, 2.75) is 24.8 Å². The molecule has 0 saturated heterocycles. The minimum absolute atomic E-state index is 0.284. The second-order valence-electron chi connectivity index (χ2n) is 5.16. The standard InChI is InChI=1S/C16H14Cl2FN/c17-11-5-6-16(15(19)9-11)20-12-7-10(8-12)13-3-1-2-4-14(13)18/h1-6,9-10,12,20H,7-8H2. The van der Waals surface area contributed by atoms with Gasteiger partial charge in [0.15, 0.2) is 0 Å². The average Bonchev–Trinajstić information content (AvgIpc) is 2.37. The molecule has 1 fully saturated rings. The summed E-state index contributed by atoms with van der Waals surface area (Å²) in [6.45, 7) is 0. The van der Waals surface area contributed by atoms with Gasteiger partial charge in [-0.05, 0) is 48.6 Å². The molecule has 1 aliphatic carbocycles. The summed E-state index contributed by atoms with van der Waals surface area (Å²) in [5, 5.41) is 4.44. The summed E-state index contributed by atoms with van der Waals surface area (Å²) in [7, 11) is 0. The number of nitrogens with one attached hydrogen (secondary N) is 1. The third-order valence-electron chi connectivity index (χ3n) is 3.77. The van der Waals surface area contributed by atoms with Gasteiger partial charge in [0.1, 0.15) is 5.82 Å². The molecule has 0 heterocycles. The van der Waals surface area contributed by atoms with Crippen molar-refractivity contribution >= 4 is 28.9 Å². The molecule has 3 rings (SSSR count). The Bertz CT molecular complexity index is 624. The fourth-order valence-corrected chi connectivity index (χ4v) is 3.07. The minimum Gasteiger partial charge on any atom is -0.380 e. The first-order valence-electron chi connectivity index (χ1n) is 6.59. The van der Waals surface area contributed by atoms with Crippen molar-refractivity contribution in [3.8, 4) is 0 Å². The normalized spacial score (nSPS) is 21.4. The van der Waals surface area contributed by atoms with E-state index < -0.39 is 0 Å². The largest absolute Gasteiger partial charge is 0.380 e. The summed E-state index contributed by atoms with van der Waals surface area (Å²) in [5.41, 5.74) is 1.70. The third-order valence-corrected chi connectivity index (χ3v) is 4.35. The number of benzene rings is 2. The molecule has 2 aromatic rings. The van der Waals surface area contributed by atoms with E-state index >= 15 is 0 Å². The zero-order chi connectivity index (χ0) is 14.1. The van der Waals surface area contributed by atoms with Crippen molar-refractivity contribution in [3.63, 3.8) is 0 Å². The summed E-state index contributed by atoms with van der Waals surface area (Å²) < 4.78 is 13.7. The van der Waals surface area contributed by atoms with Gasteiger partial charge in [-0.1, -0.05) is 41.4 Å². The topological polar surface area (TPSA) is 12.0 Å². The molecule has 1 nitrogen and oxygen atoms in total. The van der Waals surface area contributed by atoms with Gasteiger partial charge < -0.3 is 5.32 Å². The molecule has 0 atom stereocenters. The first-order valence-corrected chi connectivity index (χ1v) is 7.35.